The second-order valence-electron chi connectivity index (χ2n) is 6.27. The molecule has 0 spiro atoms. The number of carbonyl (C=O) groups is 1. The third-order valence-corrected chi connectivity index (χ3v) is 4.63. The van der Waals surface area contributed by atoms with Gasteiger partial charge in [0.15, 0.2) is 0 Å². The van der Waals surface area contributed by atoms with Gasteiger partial charge >= 0.3 is 0 Å². The van der Waals surface area contributed by atoms with Crippen molar-refractivity contribution in [3.05, 3.63) is 52.7 Å². The molecule has 2 heterocycles. The Morgan fingerprint density at radius 1 is 1.35 bits per heavy atom. The zero-order valence-electron chi connectivity index (χ0n) is 14.9. The van der Waals surface area contributed by atoms with E-state index in [2.05, 4.69) is 10.3 Å². The average molecular weight is 361 g/mol. The molecule has 0 fully saturated rings. The number of amides is 1. The lowest BCUT2D eigenvalue weighted by molar-refractivity contribution is 0.0714. The van der Waals surface area contributed by atoms with E-state index in [-0.39, 0.29) is 11.9 Å². The largest absolute Gasteiger partial charge is 0.487 e. The Morgan fingerprint density at radius 2 is 2.12 bits per heavy atom. The van der Waals surface area contributed by atoms with Crippen LogP contribution in [0.15, 0.2) is 30.5 Å². The van der Waals surface area contributed by atoms with E-state index < -0.39 is 13.0 Å². The first-order valence-corrected chi connectivity index (χ1v) is 8.40. The highest BCUT2D eigenvalue weighted by Crippen LogP contribution is 2.34. The molecule has 0 aliphatic carbocycles. The highest BCUT2D eigenvalue weighted by molar-refractivity contribution is 5.99. The fourth-order valence-electron chi connectivity index (χ4n) is 3.21. The van der Waals surface area contributed by atoms with Gasteiger partial charge in [-0.2, -0.15) is 0 Å². The molecule has 1 aromatic carbocycles. The molecule has 0 saturated carbocycles. The summed E-state index contributed by atoms with van der Waals surface area (Å²) >= 11 is 0. The smallest absolute Gasteiger partial charge is 0.272 e. The van der Waals surface area contributed by atoms with E-state index >= 15 is 0 Å². The summed E-state index contributed by atoms with van der Waals surface area (Å²) in [6.07, 6.45) is -0.889. The fourth-order valence-corrected chi connectivity index (χ4v) is 3.21. The van der Waals surface area contributed by atoms with Gasteiger partial charge in [-0.1, -0.05) is 12.1 Å². The molecule has 1 N–H and O–H groups in total. The fraction of sp³-hybridized carbons (Fsp3) is 0.368. The Labute approximate surface area is 151 Å². The van der Waals surface area contributed by atoms with Gasteiger partial charge in [-0.05, 0) is 37.1 Å². The predicted octanol–water partition coefficient (Wildman–Crippen LogP) is 3.79. The molecule has 0 radical (unpaired) electrons. The molecule has 138 valence electrons. The molecular formula is C19H21F2N3O2. The number of fused-ring (bicyclic) bond motifs is 1. The van der Waals surface area contributed by atoms with E-state index in [1.807, 2.05) is 19.1 Å². The Kier molecular flexibility index (Phi) is 5.06. The van der Waals surface area contributed by atoms with Gasteiger partial charge in [0.05, 0.1) is 12.6 Å². The van der Waals surface area contributed by atoms with E-state index in [1.165, 1.54) is 0 Å². The minimum atomic E-state index is -2.51. The highest BCUT2D eigenvalue weighted by Gasteiger charge is 2.33. The van der Waals surface area contributed by atoms with Crippen molar-refractivity contribution in [2.75, 3.05) is 19.0 Å². The minimum Gasteiger partial charge on any atom is -0.487 e. The van der Waals surface area contributed by atoms with E-state index in [4.69, 9.17) is 4.74 Å². The van der Waals surface area contributed by atoms with Crippen molar-refractivity contribution in [3.63, 3.8) is 0 Å². The maximum Gasteiger partial charge on any atom is 0.272 e. The third kappa shape index (κ3) is 3.34. The second-order valence-corrected chi connectivity index (χ2v) is 6.27. The summed E-state index contributed by atoms with van der Waals surface area (Å²) in [6.45, 7) is 3.60. The number of benzene rings is 1. The van der Waals surface area contributed by atoms with Crippen LogP contribution in [-0.4, -0.2) is 35.9 Å². The van der Waals surface area contributed by atoms with Crippen LogP contribution in [0.1, 0.15) is 40.0 Å². The normalized spacial score (nSPS) is 14.5. The molecule has 5 nitrogen and oxygen atoms in total. The SMILES string of the molecule is CNc1nccc2c1CN(C(C)c1ccc(OCC(F)F)c(C)c1)C2=O. The summed E-state index contributed by atoms with van der Waals surface area (Å²) in [5.41, 5.74) is 3.23. The molecule has 1 unspecified atom stereocenters. The van der Waals surface area contributed by atoms with Crippen LogP contribution in [0, 0.1) is 6.92 Å². The van der Waals surface area contributed by atoms with Crippen LogP contribution < -0.4 is 10.1 Å². The summed E-state index contributed by atoms with van der Waals surface area (Å²) in [7, 11) is 1.78. The van der Waals surface area contributed by atoms with Crippen LogP contribution in [0.2, 0.25) is 0 Å². The number of ether oxygens (including phenoxy) is 1. The van der Waals surface area contributed by atoms with Gasteiger partial charge in [0.2, 0.25) is 0 Å². The van der Waals surface area contributed by atoms with Crippen molar-refractivity contribution in [1.29, 1.82) is 0 Å². The maximum absolute atomic E-state index is 12.8. The number of pyridine rings is 1. The Hall–Kier alpha value is -2.70. The highest BCUT2D eigenvalue weighted by atomic mass is 19.3. The second kappa shape index (κ2) is 7.27. The van der Waals surface area contributed by atoms with Crippen molar-refractivity contribution in [2.45, 2.75) is 32.9 Å². The number of alkyl halides is 2. The van der Waals surface area contributed by atoms with Gasteiger partial charge in [0.25, 0.3) is 12.3 Å². The number of rotatable bonds is 6. The molecule has 1 aliphatic heterocycles. The molecule has 2 aromatic rings. The van der Waals surface area contributed by atoms with Crippen LogP contribution in [0.4, 0.5) is 14.6 Å². The molecule has 1 aromatic heterocycles. The van der Waals surface area contributed by atoms with Gasteiger partial charge < -0.3 is 15.0 Å². The predicted molar refractivity (Wildman–Crippen MR) is 94.8 cm³/mol. The number of nitrogens with zero attached hydrogens (tertiary/aromatic N) is 2. The van der Waals surface area contributed by atoms with Crippen LogP contribution in [0.5, 0.6) is 5.75 Å². The number of aromatic nitrogens is 1. The van der Waals surface area contributed by atoms with Crippen molar-refractivity contribution in [3.8, 4) is 5.75 Å². The van der Waals surface area contributed by atoms with Gasteiger partial charge in [0.1, 0.15) is 18.2 Å². The summed E-state index contributed by atoms with van der Waals surface area (Å²) in [4.78, 5) is 18.8. The van der Waals surface area contributed by atoms with Gasteiger partial charge in [-0.15, -0.1) is 0 Å². The maximum atomic E-state index is 12.8. The molecule has 7 heteroatoms. The van der Waals surface area contributed by atoms with E-state index in [0.29, 0.717) is 23.7 Å². The molecule has 1 amide bonds. The molecule has 1 atom stereocenters. The minimum absolute atomic E-state index is 0.0397. The molecular weight excluding hydrogens is 340 g/mol. The standard InChI is InChI=1S/C19H21F2N3O2/c1-11-8-13(4-5-16(11)26-10-17(20)21)12(2)24-9-15-14(19(24)25)6-7-23-18(15)22-3/h4-8,12,17H,9-10H2,1-3H3,(H,22,23). The van der Waals surface area contributed by atoms with Crippen molar-refractivity contribution in [1.82, 2.24) is 9.88 Å². The molecule has 3 rings (SSSR count). The van der Waals surface area contributed by atoms with Crippen molar-refractivity contribution >= 4 is 11.7 Å². The first-order chi connectivity index (χ1) is 12.4. The quantitative estimate of drug-likeness (QED) is 0.850. The van der Waals surface area contributed by atoms with Gasteiger partial charge in [0, 0.05) is 24.4 Å². The van der Waals surface area contributed by atoms with Crippen LogP contribution in [0.3, 0.4) is 0 Å². The Bertz CT molecular complexity index is 826. The number of halogens is 2. The number of hydrogen-bond acceptors (Lipinski definition) is 4. The number of carbonyl (C=O) groups excluding carboxylic acids is 1. The number of aryl methyl sites for hydroxylation is 1. The molecule has 1 aliphatic rings. The lowest BCUT2D eigenvalue weighted by atomic mass is 10.0. The molecule has 26 heavy (non-hydrogen) atoms. The first kappa shape index (κ1) is 18.1. The first-order valence-electron chi connectivity index (χ1n) is 8.40. The summed E-state index contributed by atoms with van der Waals surface area (Å²) in [5.74, 6) is 1.10. The monoisotopic (exact) mass is 361 g/mol. The summed E-state index contributed by atoms with van der Waals surface area (Å²) in [5, 5.41) is 3.02. The Morgan fingerprint density at radius 3 is 2.77 bits per heavy atom. The van der Waals surface area contributed by atoms with E-state index in [0.717, 1.165) is 16.7 Å². The summed E-state index contributed by atoms with van der Waals surface area (Å²) in [6, 6.07) is 6.93. The lowest BCUT2D eigenvalue weighted by Gasteiger charge is -2.25. The number of nitrogens with one attached hydrogen (secondary N) is 1. The zero-order chi connectivity index (χ0) is 18.8. The average Bonchev–Trinajstić information content (AvgIpc) is 2.97. The zero-order valence-corrected chi connectivity index (χ0v) is 14.9. The topological polar surface area (TPSA) is 54.5 Å². The molecule has 0 saturated heterocycles. The van der Waals surface area contributed by atoms with Crippen LogP contribution in [0.25, 0.3) is 0 Å². The van der Waals surface area contributed by atoms with Crippen LogP contribution in [-0.2, 0) is 6.54 Å². The third-order valence-electron chi connectivity index (χ3n) is 4.63. The molecule has 0 bridgehead atoms. The van der Waals surface area contributed by atoms with Crippen molar-refractivity contribution in [2.24, 2.45) is 0 Å². The lowest BCUT2D eigenvalue weighted by Crippen LogP contribution is -2.27. The van der Waals surface area contributed by atoms with Gasteiger partial charge in [-0.3, -0.25) is 4.79 Å². The summed E-state index contributed by atoms with van der Waals surface area (Å²) < 4.78 is 29.8. The van der Waals surface area contributed by atoms with Gasteiger partial charge in [-0.25, -0.2) is 13.8 Å². The van der Waals surface area contributed by atoms with Crippen molar-refractivity contribution < 1.29 is 18.3 Å². The Balaban J connectivity index is 1.81. The number of anilines is 1. The van der Waals surface area contributed by atoms with E-state index in [9.17, 15) is 13.6 Å². The van der Waals surface area contributed by atoms with Crippen LogP contribution >= 0.6 is 0 Å². The van der Waals surface area contributed by atoms with E-state index in [1.54, 1.807) is 37.2 Å². The number of hydrogen-bond donors (Lipinski definition) is 1.